The second-order valence-corrected chi connectivity index (χ2v) is 5.88. The van der Waals surface area contributed by atoms with Crippen LogP contribution in [0.15, 0.2) is 22.7 Å². The second kappa shape index (κ2) is 6.93. The summed E-state index contributed by atoms with van der Waals surface area (Å²) in [6.45, 7) is 5.84. The molecule has 1 aliphatic carbocycles. The van der Waals surface area contributed by atoms with Gasteiger partial charge in [0.05, 0.1) is 5.03 Å². The standard InChI is InChI=1S/C12H23N3OS/c1-8-4-3-5-10(6-8)15-12(16)11(7-13)17-9(2)14/h7-8,10,12,15-16H,2-6,13-14H2,1H3/b11-7-. The van der Waals surface area contributed by atoms with Gasteiger partial charge in [0.15, 0.2) is 0 Å². The molecule has 0 spiro atoms. The SMILES string of the molecule is C=C(N)S/C(=C\N)C(O)NC1CCCC(C)C1. The van der Waals surface area contributed by atoms with Crippen LogP contribution in [0.5, 0.6) is 0 Å². The number of hydrogen-bond acceptors (Lipinski definition) is 5. The lowest BCUT2D eigenvalue weighted by molar-refractivity contribution is 0.143. The van der Waals surface area contributed by atoms with Crippen molar-refractivity contribution in [2.24, 2.45) is 17.4 Å². The number of thioether (sulfide) groups is 1. The zero-order valence-electron chi connectivity index (χ0n) is 10.4. The van der Waals surface area contributed by atoms with Crippen molar-refractivity contribution < 1.29 is 5.11 Å². The first-order chi connectivity index (χ1) is 8.02. The van der Waals surface area contributed by atoms with Crippen molar-refractivity contribution in [1.29, 1.82) is 0 Å². The first-order valence-electron chi connectivity index (χ1n) is 6.01. The summed E-state index contributed by atoms with van der Waals surface area (Å²) < 4.78 is 0. The van der Waals surface area contributed by atoms with Crippen LogP contribution in [0.2, 0.25) is 0 Å². The molecule has 0 aliphatic heterocycles. The summed E-state index contributed by atoms with van der Waals surface area (Å²) in [5.41, 5.74) is 11.0. The van der Waals surface area contributed by atoms with Gasteiger partial charge in [-0.25, -0.2) is 0 Å². The van der Waals surface area contributed by atoms with E-state index in [0.29, 0.717) is 16.0 Å². The van der Waals surface area contributed by atoms with Crippen LogP contribution in [-0.2, 0) is 0 Å². The minimum Gasteiger partial charge on any atom is -0.404 e. The third kappa shape index (κ3) is 5.02. The number of nitrogens with one attached hydrogen (secondary N) is 1. The van der Waals surface area contributed by atoms with Crippen LogP contribution in [0.3, 0.4) is 0 Å². The van der Waals surface area contributed by atoms with Crippen molar-refractivity contribution >= 4 is 11.8 Å². The first-order valence-corrected chi connectivity index (χ1v) is 6.82. The maximum Gasteiger partial charge on any atom is 0.138 e. The quantitative estimate of drug-likeness (QED) is 0.560. The average molecular weight is 257 g/mol. The molecular formula is C12H23N3OS. The van der Waals surface area contributed by atoms with Gasteiger partial charge < -0.3 is 16.6 Å². The summed E-state index contributed by atoms with van der Waals surface area (Å²) in [4.78, 5) is 0.607. The van der Waals surface area contributed by atoms with E-state index in [2.05, 4.69) is 18.8 Å². The number of rotatable bonds is 5. The van der Waals surface area contributed by atoms with E-state index >= 15 is 0 Å². The molecule has 0 saturated heterocycles. The Labute approximate surface area is 108 Å². The maximum atomic E-state index is 10.0. The summed E-state index contributed by atoms with van der Waals surface area (Å²) in [5.74, 6) is 0.718. The average Bonchev–Trinajstić information content (AvgIpc) is 2.25. The Morgan fingerprint density at radius 3 is 2.82 bits per heavy atom. The smallest absolute Gasteiger partial charge is 0.138 e. The van der Waals surface area contributed by atoms with Gasteiger partial charge in [-0.3, -0.25) is 5.32 Å². The van der Waals surface area contributed by atoms with E-state index in [-0.39, 0.29) is 0 Å². The largest absolute Gasteiger partial charge is 0.404 e. The summed E-state index contributed by atoms with van der Waals surface area (Å²) in [5, 5.41) is 13.6. The lowest BCUT2D eigenvalue weighted by Gasteiger charge is -2.30. The molecule has 3 unspecified atom stereocenters. The van der Waals surface area contributed by atoms with Crippen LogP contribution in [0, 0.1) is 5.92 Å². The maximum absolute atomic E-state index is 10.0. The monoisotopic (exact) mass is 257 g/mol. The third-order valence-corrected chi connectivity index (χ3v) is 3.87. The summed E-state index contributed by atoms with van der Waals surface area (Å²) >= 11 is 1.20. The van der Waals surface area contributed by atoms with Crippen LogP contribution < -0.4 is 16.8 Å². The summed E-state index contributed by atoms with van der Waals surface area (Å²) in [6.07, 6.45) is 5.33. The number of hydrogen-bond donors (Lipinski definition) is 4. The molecule has 0 heterocycles. The fourth-order valence-corrected chi connectivity index (χ4v) is 2.77. The van der Waals surface area contributed by atoms with Crippen molar-refractivity contribution in [2.45, 2.75) is 44.9 Å². The van der Waals surface area contributed by atoms with E-state index in [0.717, 1.165) is 18.8 Å². The molecule has 0 radical (unpaired) electrons. The van der Waals surface area contributed by atoms with E-state index < -0.39 is 6.23 Å². The lowest BCUT2D eigenvalue weighted by atomic mass is 9.87. The van der Waals surface area contributed by atoms with E-state index in [1.807, 2.05) is 0 Å². The number of nitrogens with two attached hydrogens (primary N) is 2. The van der Waals surface area contributed by atoms with Gasteiger partial charge in [-0.15, -0.1) is 0 Å². The van der Waals surface area contributed by atoms with Crippen LogP contribution in [0.25, 0.3) is 0 Å². The van der Waals surface area contributed by atoms with E-state index in [1.165, 1.54) is 30.8 Å². The molecule has 6 N–H and O–H groups in total. The highest BCUT2D eigenvalue weighted by atomic mass is 32.2. The molecule has 5 heteroatoms. The van der Waals surface area contributed by atoms with Gasteiger partial charge in [0.2, 0.25) is 0 Å². The van der Waals surface area contributed by atoms with Crippen LogP contribution >= 0.6 is 11.8 Å². The molecule has 3 atom stereocenters. The molecule has 1 aliphatic rings. The fourth-order valence-electron chi connectivity index (χ4n) is 2.22. The Kier molecular flexibility index (Phi) is 5.88. The Balaban J connectivity index is 2.46. The minimum absolute atomic E-state index is 0.357. The molecule has 4 nitrogen and oxygen atoms in total. The predicted octanol–water partition coefficient (Wildman–Crippen LogP) is 1.44. The zero-order valence-corrected chi connectivity index (χ0v) is 11.2. The normalized spacial score (nSPS) is 27.8. The van der Waals surface area contributed by atoms with Crippen molar-refractivity contribution in [1.82, 2.24) is 5.32 Å². The Bertz CT molecular complexity index is 293. The molecule has 98 valence electrons. The van der Waals surface area contributed by atoms with Gasteiger partial charge in [-0.1, -0.05) is 38.1 Å². The third-order valence-electron chi connectivity index (χ3n) is 3.01. The Morgan fingerprint density at radius 2 is 2.29 bits per heavy atom. The van der Waals surface area contributed by atoms with Crippen LogP contribution in [-0.4, -0.2) is 17.4 Å². The topological polar surface area (TPSA) is 84.3 Å². The highest BCUT2D eigenvalue weighted by Gasteiger charge is 2.22. The fraction of sp³-hybridized carbons (Fsp3) is 0.667. The van der Waals surface area contributed by atoms with Gasteiger partial charge in [0.1, 0.15) is 6.23 Å². The van der Waals surface area contributed by atoms with E-state index in [1.54, 1.807) is 0 Å². The highest BCUT2D eigenvalue weighted by Crippen LogP contribution is 2.26. The molecule has 0 aromatic carbocycles. The van der Waals surface area contributed by atoms with E-state index in [4.69, 9.17) is 11.5 Å². The van der Waals surface area contributed by atoms with E-state index in [9.17, 15) is 5.11 Å². The Morgan fingerprint density at radius 1 is 1.59 bits per heavy atom. The first kappa shape index (κ1) is 14.4. The van der Waals surface area contributed by atoms with Gasteiger partial charge in [0, 0.05) is 17.1 Å². The molecule has 17 heavy (non-hydrogen) atoms. The predicted molar refractivity (Wildman–Crippen MR) is 73.8 cm³/mol. The van der Waals surface area contributed by atoms with Crippen LogP contribution in [0.4, 0.5) is 0 Å². The highest BCUT2D eigenvalue weighted by molar-refractivity contribution is 8.06. The van der Waals surface area contributed by atoms with Crippen LogP contribution in [0.1, 0.15) is 32.6 Å². The van der Waals surface area contributed by atoms with Gasteiger partial charge in [-0.2, -0.15) is 0 Å². The van der Waals surface area contributed by atoms with Crippen molar-refractivity contribution in [3.8, 4) is 0 Å². The van der Waals surface area contributed by atoms with Gasteiger partial charge in [0.25, 0.3) is 0 Å². The molecular weight excluding hydrogens is 234 g/mol. The van der Waals surface area contributed by atoms with Crippen molar-refractivity contribution in [3.63, 3.8) is 0 Å². The lowest BCUT2D eigenvalue weighted by Crippen LogP contribution is -2.41. The molecule has 0 amide bonds. The second-order valence-electron chi connectivity index (χ2n) is 4.68. The molecule has 0 aromatic heterocycles. The number of aliphatic hydroxyl groups excluding tert-OH is 1. The van der Waals surface area contributed by atoms with Gasteiger partial charge in [-0.05, 0) is 18.8 Å². The molecule has 0 bridgehead atoms. The molecule has 1 saturated carbocycles. The zero-order chi connectivity index (χ0) is 12.8. The van der Waals surface area contributed by atoms with Crippen molar-refractivity contribution in [2.75, 3.05) is 0 Å². The summed E-state index contributed by atoms with van der Waals surface area (Å²) in [7, 11) is 0. The van der Waals surface area contributed by atoms with Gasteiger partial charge >= 0.3 is 0 Å². The summed E-state index contributed by atoms with van der Waals surface area (Å²) in [6, 6.07) is 0.357. The van der Waals surface area contributed by atoms with Crippen molar-refractivity contribution in [3.05, 3.63) is 22.7 Å². The molecule has 1 rings (SSSR count). The molecule has 0 aromatic rings. The minimum atomic E-state index is -0.749. The Hall–Kier alpha value is -0.650. The number of aliphatic hydroxyl groups is 1. The molecule has 1 fully saturated rings.